The number of fused-ring (bicyclic) bond motifs is 1. The van der Waals surface area contributed by atoms with E-state index in [1.165, 1.54) is 6.07 Å². The largest absolute Gasteiger partial charge is 0.396 e. The Morgan fingerprint density at radius 2 is 1.78 bits per heavy atom. The lowest BCUT2D eigenvalue weighted by Crippen LogP contribution is -2.14. The summed E-state index contributed by atoms with van der Waals surface area (Å²) in [6.45, 7) is 1.49. The first kappa shape index (κ1) is 22.1. The van der Waals surface area contributed by atoms with Crippen LogP contribution in [0.25, 0.3) is 22.0 Å². The van der Waals surface area contributed by atoms with E-state index in [2.05, 4.69) is 20.3 Å². The van der Waals surface area contributed by atoms with E-state index < -0.39 is 12.1 Å². The predicted molar refractivity (Wildman–Crippen MR) is 123 cm³/mol. The quantitative estimate of drug-likeness (QED) is 0.362. The van der Waals surface area contributed by atoms with Gasteiger partial charge in [-0.1, -0.05) is 35.9 Å². The molecular formula is C24H22ClFN4O2. The van der Waals surface area contributed by atoms with Crippen LogP contribution in [0.4, 0.5) is 10.1 Å². The van der Waals surface area contributed by atoms with Gasteiger partial charge in [-0.05, 0) is 37.1 Å². The lowest BCUT2D eigenvalue weighted by Gasteiger charge is -2.22. The molecule has 4 aromatic rings. The van der Waals surface area contributed by atoms with Crippen molar-refractivity contribution in [3.05, 3.63) is 83.3 Å². The van der Waals surface area contributed by atoms with E-state index in [1.54, 1.807) is 43.7 Å². The van der Waals surface area contributed by atoms with Gasteiger partial charge >= 0.3 is 0 Å². The first-order valence-corrected chi connectivity index (χ1v) is 10.6. The monoisotopic (exact) mass is 452 g/mol. The predicted octanol–water partition coefficient (Wildman–Crippen LogP) is 5.07. The van der Waals surface area contributed by atoms with Crippen molar-refractivity contribution in [2.45, 2.75) is 25.5 Å². The molecule has 6 nitrogen and oxygen atoms in total. The SMILES string of the molecule is CC(O)c1ncc(-c2ccc3ncc(Cl)c(NC(CCO)c4ccccc4F)c3c2)cn1. The molecular weight excluding hydrogens is 431 g/mol. The third kappa shape index (κ3) is 4.55. The van der Waals surface area contributed by atoms with Crippen molar-refractivity contribution in [1.29, 1.82) is 0 Å². The molecule has 0 aliphatic heterocycles. The van der Waals surface area contributed by atoms with E-state index >= 15 is 0 Å². The van der Waals surface area contributed by atoms with Crippen LogP contribution in [0.3, 0.4) is 0 Å². The molecule has 0 amide bonds. The van der Waals surface area contributed by atoms with Gasteiger partial charge in [0.25, 0.3) is 0 Å². The molecule has 0 bridgehead atoms. The number of rotatable bonds is 7. The van der Waals surface area contributed by atoms with Crippen LogP contribution in [0.15, 0.2) is 61.1 Å². The topological polar surface area (TPSA) is 91.2 Å². The summed E-state index contributed by atoms with van der Waals surface area (Å²) in [7, 11) is 0. The van der Waals surface area contributed by atoms with Crippen molar-refractivity contribution < 1.29 is 14.6 Å². The molecule has 4 rings (SSSR count). The number of hydrogen-bond acceptors (Lipinski definition) is 6. The van der Waals surface area contributed by atoms with Crippen LogP contribution in [0.1, 0.15) is 36.9 Å². The number of anilines is 1. The van der Waals surface area contributed by atoms with E-state index in [0.717, 1.165) is 16.5 Å². The molecule has 2 heterocycles. The second-order valence-corrected chi connectivity index (χ2v) is 7.86. The van der Waals surface area contributed by atoms with Crippen molar-refractivity contribution in [2.75, 3.05) is 11.9 Å². The third-order valence-electron chi connectivity index (χ3n) is 5.22. The highest BCUT2D eigenvalue weighted by Crippen LogP contribution is 2.36. The van der Waals surface area contributed by atoms with Crippen LogP contribution >= 0.6 is 11.6 Å². The van der Waals surface area contributed by atoms with Gasteiger partial charge in [0.05, 0.1) is 22.3 Å². The number of halogens is 2. The highest BCUT2D eigenvalue weighted by molar-refractivity contribution is 6.34. The fraction of sp³-hybridized carbons (Fsp3) is 0.208. The summed E-state index contributed by atoms with van der Waals surface area (Å²) in [4.78, 5) is 12.8. The van der Waals surface area contributed by atoms with E-state index in [1.807, 2.05) is 18.2 Å². The molecule has 32 heavy (non-hydrogen) atoms. The summed E-state index contributed by atoms with van der Waals surface area (Å²) in [6, 6.07) is 11.6. The minimum Gasteiger partial charge on any atom is -0.396 e. The van der Waals surface area contributed by atoms with E-state index in [-0.39, 0.29) is 12.4 Å². The van der Waals surface area contributed by atoms with Gasteiger partial charge in [0.2, 0.25) is 0 Å². The average molecular weight is 453 g/mol. The van der Waals surface area contributed by atoms with Gasteiger partial charge in [-0.25, -0.2) is 14.4 Å². The number of aliphatic hydroxyl groups is 2. The van der Waals surface area contributed by atoms with Gasteiger partial charge < -0.3 is 15.5 Å². The number of pyridine rings is 1. The number of benzene rings is 2. The maximum absolute atomic E-state index is 14.5. The molecule has 2 aromatic heterocycles. The molecule has 0 saturated carbocycles. The smallest absolute Gasteiger partial charge is 0.156 e. The lowest BCUT2D eigenvalue weighted by atomic mass is 10.0. The number of aromatic nitrogens is 3. The van der Waals surface area contributed by atoms with Crippen molar-refractivity contribution in [1.82, 2.24) is 15.0 Å². The van der Waals surface area contributed by atoms with Crippen LogP contribution in [0.5, 0.6) is 0 Å². The van der Waals surface area contributed by atoms with Crippen molar-refractivity contribution in [2.24, 2.45) is 0 Å². The Labute approximate surface area is 189 Å². The molecule has 0 saturated heterocycles. The highest BCUT2D eigenvalue weighted by Gasteiger charge is 2.18. The molecule has 2 unspecified atom stereocenters. The second kappa shape index (κ2) is 9.56. The van der Waals surface area contributed by atoms with Crippen LogP contribution < -0.4 is 5.32 Å². The van der Waals surface area contributed by atoms with Gasteiger partial charge in [0.15, 0.2) is 5.82 Å². The first-order valence-electron chi connectivity index (χ1n) is 10.2. The Morgan fingerprint density at radius 3 is 2.47 bits per heavy atom. The Morgan fingerprint density at radius 1 is 1.03 bits per heavy atom. The van der Waals surface area contributed by atoms with E-state index in [0.29, 0.717) is 34.0 Å². The molecule has 0 radical (unpaired) electrons. The van der Waals surface area contributed by atoms with Gasteiger partial charge in [-0.3, -0.25) is 4.98 Å². The zero-order valence-corrected chi connectivity index (χ0v) is 18.1. The summed E-state index contributed by atoms with van der Waals surface area (Å²) in [5, 5.41) is 23.6. The summed E-state index contributed by atoms with van der Waals surface area (Å²) in [5.41, 5.74) is 3.36. The molecule has 3 N–H and O–H groups in total. The van der Waals surface area contributed by atoms with Gasteiger partial charge in [0.1, 0.15) is 11.9 Å². The fourth-order valence-electron chi connectivity index (χ4n) is 3.56. The van der Waals surface area contributed by atoms with E-state index in [4.69, 9.17) is 11.6 Å². The van der Waals surface area contributed by atoms with Crippen molar-refractivity contribution in [3.8, 4) is 11.1 Å². The van der Waals surface area contributed by atoms with Gasteiger partial charge in [0, 0.05) is 41.7 Å². The second-order valence-electron chi connectivity index (χ2n) is 7.45. The number of nitrogens with one attached hydrogen (secondary N) is 1. The molecule has 0 aliphatic rings. The first-order chi connectivity index (χ1) is 15.5. The fourth-order valence-corrected chi connectivity index (χ4v) is 3.77. The molecule has 0 spiro atoms. The minimum atomic E-state index is -0.749. The molecule has 0 fully saturated rings. The van der Waals surface area contributed by atoms with E-state index in [9.17, 15) is 14.6 Å². The Balaban J connectivity index is 1.77. The molecule has 2 atom stereocenters. The zero-order valence-electron chi connectivity index (χ0n) is 17.3. The Hall–Kier alpha value is -3.13. The zero-order chi connectivity index (χ0) is 22.7. The normalized spacial score (nSPS) is 13.2. The summed E-state index contributed by atoms with van der Waals surface area (Å²) < 4.78 is 14.5. The summed E-state index contributed by atoms with van der Waals surface area (Å²) in [6.07, 6.45) is 4.39. The lowest BCUT2D eigenvalue weighted by molar-refractivity contribution is 0.189. The maximum Gasteiger partial charge on any atom is 0.156 e. The number of nitrogens with zero attached hydrogens (tertiary/aromatic N) is 3. The van der Waals surface area contributed by atoms with Crippen molar-refractivity contribution >= 4 is 28.2 Å². The molecule has 8 heteroatoms. The maximum atomic E-state index is 14.5. The van der Waals surface area contributed by atoms with Crippen LogP contribution in [0, 0.1) is 5.82 Å². The van der Waals surface area contributed by atoms with Crippen LogP contribution in [0.2, 0.25) is 5.02 Å². The van der Waals surface area contributed by atoms with Crippen LogP contribution in [-0.4, -0.2) is 31.8 Å². The Kier molecular flexibility index (Phi) is 6.60. The van der Waals surface area contributed by atoms with Crippen LogP contribution in [-0.2, 0) is 0 Å². The Bertz CT molecular complexity index is 1230. The van der Waals surface area contributed by atoms with Gasteiger partial charge in [-0.2, -0.15) is 0 Å². The minimum absolute atomic E-state index is 0.120. The molecule has 0 aliphatic carbocycles. The standard InChI is InChI=1S/C24H22ClFN4O2/c1-14(32)24-28-11-16(12-29-24)15-6-7-21-18(10-15)23(19(25)13-27-21)30-22(8-9-31)17-4-2-3-5-20(17)26/h2-7,10-14,22,31-32H,8-9H2,1H3,(H,27,30). The summed E-state index contributed by atoms with van der Waals surface area (Å²) >= 11 is 6.49. The van der Waals surface area contributed by atoms with Crippen molar-refractivity contribution in [3.63, 3.8) is 0 Å². The summed E-state index contributed by atoms with van der Waals surface area (Å²) in [5.74, 6) is -0.0117. The number of hydrogen-bond donors (Lipinski definition) is 3. The third-order valence-corrected chi connectivity index (χ3v) is 5.50. The molecule has 2 aromatic carbocycles. The molecule has 164 valence electrons. The number of aliphatic hydroxyl groups excluding tert-OH is 2. The average Bonchev–Trinajstić information content (AvgIpc) is 2.80. The van der Waals surface area contributed by atoms with Gasteiger partial charge in [-0.15, -0.1) is 0 Å². The highest BCUT2D eigenvalue weighted by atomic mass is 35.5.